The van der Waals surface area contributed by atoms with Crippen LogP contribution in [0.2, 0.25) is 5.02 Å². The van der Waals surface area contributed by atoms with E-state index in [0.29, 0.717) is 36.2 Å². The van der Waals surface area contributed by atoms with Crippen LogP contribution in [-0.4, -0.2) is 34.5 Å². The summed E-state index contributed by atoms with van der Waals surface area (Å²) in [5.41, 5.74) is 1.69. The van der Waals surface area contributed by atoms with Crippen molar-refractivity contribution in [2.75, 3.05) is 11.9 Å². The van der Waals surface area contributed by atoms with Gasteiger partial charge in [-0.25, -0.2) is 9.37 Å². The highest BCUT2D eigenvalue weighted by molar-refractivity contribution is 6.36. The molecule has 38 heavy (non-hydrogen) atoms. The Bertz CT molecular complexity index is 1600. The molecule has 0 bridgehead atoms. The summed E-state index contributed by atoms with van der Waals surface area (Å²) >= 11 is 6.46. The first-order chi connectivity index (χ1) is 18.5. The Morgan fingerprint density at radius 3 is 2.79 bits per heavy atom. The molecule has 2 aromatic heterocycles. The average Bonchev–Trinajstić information content (AvgIpc) is 3.36. The number of pyridine rings is 1. The topological polar surface area (TPSA) is 124 Å². The van der Waals surface area contributed by atoms with Crippen molar-refractivity contribution in [2.24, 2.45) is 0 Å². The van der Waals surface area contributed by atoms with Crippen LogP contribution >= 0.6 is 11.6 Å². The number of ketones is 1. The van der Waals surface area contributed by atoms with Gasteiger partial charge < -0.3 is 19.8 Å². The first-order valence-electron chi connectivity index (χ1n) is 11.9. The van der Waals surface area contributed by atoms with Crippen LogP contribution in [0.25, 0.3) is 11.0 Å². The minimum Gasteiger partial charge on any atom is -0.454 e. The number of H-pyrrole nitrogens is 1. The smallest absolute Gasteiger partial charge is 0.196 e. The van der Waals surface area contributed by atoms with Gasteiger partial charge in [0.1, 0.15) is 17.5 Å². The number of ether oxygens (including phenoxy) is 2. The summed E-state index contributed by atoms with van der Waals surface area (Å²) in [7, 11) is 0. The molecule has 8 nitrogen and oxygen atoms in total. The van der Waals surface area contributed by atoms with E-state index in [2.05, 4.69) is 27.4 Å². The van der Waals surface area contributed by atoms with Gasteiger partial charge in [-0.2, -0.15) is 10.5 Å². The molecule has 0 amide bonds. The third-order valence-electron chi connectivity index (χ3n) is 6.35. The van der Waals surface area contributed by atoms with Crippen molar-refractivity contribution < 1.29 is 18.7 Å². The second kappa shape index (κ2) is 10.9. The SMILES string of the molecule is N#CC[C@@H]1CC[C@@H](Nc2c(C#N)cnc3[nH]cc(C(=O)c4ccc(Oc5ccccc5F)cc4Cl)c23)CO1. The maximum Gasteiger partial charge on any atom is 0.196 e. The van der Waals surface area contributed by atoms with Gasteiger partial charge in [-0.3, -0.25) is 4.79 Å². The molecule has 1 aliphatic heterocycles. The van der Waals surface area contributed by atoms with Crippen LogP contribution in [0.5, 0.6) is 11.5 Å². The summed E-state index contributed by atoms with van der Waals surface area (Å²) in [6.07, 6.45) is 4.65. The number of aromatic nitrogens is 2. The van der Waals surface area contributed by atoms with Gasteiger partial charge in [-0.05, 0) is 37.1 Å². The van der Waals surface area contributed by atoms with E-state index in [9.17, 15) is 14.4 Å². The Kier molecular flexibility index (Phi) is 7.23. The van der Waals surface area contributed by atoms with Gasteiger partial charge in [0.15, 0.2) is 17.3 Å². The highest BCUT2D eigenvalue weighted by Gasteiger charge is 2.26. The average molecular weight is 530 g/mol. The maximum absolute atomic E-state index is 14.0. The van der Waals surface area contributed by atoms with Crippen LogP contribution in [-0.2, 0) is 4.74 Å². The number of hydrogen-bond donors (Lipinski definition) is 2. The Balaban J connectivity index is 1.45. The van der Waals surface area contributed by atoms with Crippen molar-refractivity contribution in [1.29, 1.82) is 10.5 Å². The van der Waals surface area contributed by atoms with Crippen molar-refractivity contribution >= 4 is 34.1 Å². The molecular weight excluding hydrogens is 509 g/mol. The number of carbonyl (C=O) groups is 1. The molecular formula is C28H21ClFN5O3. The number of nitrogens with zero attached hydrogens (tertiary/aromatic N) is 3. The highest BCUT2D eigenvalue weighted by atomic mass is 35.5. The molecule has 1 aliphatic rings. The van der Waals surface area contributed by atoms with Crippen LogP contribution in [0.3, 0.4) is 0 Å². The van der Waals surface area contributed by atoms with E-state index in [1.807, 2.05) is 0 Å². The van der Waals surface area contributed by atoms with Gasteiger partial charge in [0, 0.05) is 30.1 Å². The standard InChI is InChI=1S/C28H21ClFN5O3/c29-22-11-19(38-24-4-2-1-3-23(24)30)7-8-20(22)27(36)21-14-34-28-25(21)26(16(12-32)13-33-28)35-17-5-6-18(9-10-31)37-15-17/h1-4,7-8,11,13-14,17-18H,5-6,9,15H2,(H2,33,34,35)/t17-,18+/m1/s1. The molecule has 2 aromatic carbocycles. The minimum atomic E-state index is -0.521. The minimum absolute atomic E-state index is 0.0377. The predicted molar refractivity (Wildman–Crippen MR) is 139 cm³/mol. The van der Waals surface area contributed by atoms with Gasteiger partial charge in [0.05, 0.1) is 52.4 Å². The van der Waals surface area contributed by atoms with Gasteiger partial charge >= 0.3 is 0 Å². The lowest BCUT2D eigenvalue weighted by atomic mass is 9.99. The molecule has 3 heterocycles. The van der Waals surface area contributed by atoms with E-state index in [1.54, 1.807) is 12.1 Å². The zero-order valence-electron chi connectivity index (χ0n) is 20.0. The molecule has 10 heteroatoms. The summed E-state index contributed by atoms with van der Waals surface area (Å²) < 4.78 is 25.3. The number of rotatable bonds is 7. The van der Waals surface area contributed by atoms with Crippen LogP contribution in [0.1, 0.15) is 40.7 Å². The molecule has 190 valence electrons. The van der Waals surface area contributed by atoms with Gasteiger partial charge in [0.2, 0.25) is 0 Å². The molecule has 1 saturated heterocycles. The Hall–Kier alpha value is -4.44. The molecule has 1 fully saturated rings. The van der Waals surface area contributed by atoms with E-state index in [1.165, 1.54) is 42.7 Å². The summed E-state index contributed by atoms with van der Waals surface area (Å²) in [6, 6.07) is 14.6. The maximum atomic E-state index is 14.0. The molecule has 2 atom stereocenters. The first kappa shape index (κ1) is 25.2. The number of nitrogens with one attached hydrogen (secondary N) is 2. The van der Waals surface area contributed by atoms with Crippen molar-refractivity contribution in [3.63, 3.8) is 0 Å². The van der Waals surface area contributed by atoms with Gasteiger partial charge in [0.25, 0.3) is 0 Å². The number of fused-ring (bicyclic) bond motifs is 1. The number of para-hydroxylation sites is 1. The van der Waals surface area contributed by atoms with E-state index in [-0.39, 0.29) is 51.1 Å². The number of benzene rings is 2. The first-order valence-corrected chi connectivity index (χ1v) is 12.3. The zero-order valence-corrected chi connectivity index (χ0v) is 20.8. The summed E-state index contributed by atoms with van der Waals surface area (Å²) in [5.74, 6) is -0.589. The van der Waals surface area contributed by atoms with E-state index in [4.69, 9.17) is 26.3 Å². The molecule has 0 saturated carbocycles. The van der Waals surface area contributed by atoms with E-state index >= 15 is 0 Å². The fourth-order valence-electron chi connectivity index (χ4n) is 4.44. The van der Waals surface area contributed by atoms with Crippen molar-refractivity contribution in [3.05, 3.63) is 82.4 Å². The van der Waals surface area contributed by atoms with Crippen molar-refractivity contribution in [3.8, 4) is 23.6 Å². The lowest BCUT2D eigenvalue weighted by molar-refractivity contribution is 0.0127. The highest BCUT2D eigenvalue weighted by Crippen LogP contribution is 2.34. The number of nitriles is 2. The van der Waals surface area contributed by atoms with Crippen LogP contribution in [0.15, 0.2) is 54.9 Å². The second-order valence-corrected chi connectivity index (χ2v) is 9.23. The largest absolute Gasteiger partial charge is 0.454 e. The Morgan fingerprint density at radius 2 is 2.08 bits per heavy atom. The monoisotopic (exact) mass is 529 g/mol. The quantitative estimate of drug-likeness (QED) is 0.276. The number of carbonyl (C=O) groups excluding carboxylic acids is 1. The van der Waals surface area contributed by atoms with Gasteiger partial charge in [-0.1, -0.05) is 23.7 Å². The fraction of sp³-hybridized carbons (Fsp3) is 0.214. The molecule has 4 aromatic rings. The van der Waals surface area contributed by atoms with Crippen LogP contribution < -0.4 is 10.1 Å². The molecule has 5 rings (SSSR count). The van der Waals surface area contributed by atoms with Crippen LogP contribution in [0.4, 0.5) is 10.1 Å². The molecule has 0 spiro atoms. The van der Waals surface area contributed by atoms with Crippen LogP contribution in [0, 0.1) is 28.5 Å². The molecule has 0 aliphatic carbocycles. The summed E-state index contributed by atoms with van der Waals surface area (Å²) in [6.45, 7) is 0.365. The fourth-order valence-corrected chi connectivity index (χ4v) is 4.70. The van der Waals surface area contributed by atoms with Crippen molar-refractivity contribution in [1.82, 2.24) is 9.97 Å². The molecule has 0 unspecified atom stereocenters. The summed E-state index contributed by atoms with van der Waals surface area (Å²) in [4.78, 5) is 20.9. The van der Waals surface area contributed by atoms with E-state index in [0.717, 1.165) is 6.42 Å². The number of anilines is 1. The Morgan fingerprint density at radius 1 is 1.24 bits per heavy atom. The summed E-state index contributed by atoms with van der Waals surface area (Å²) in [5, 5.41) is 22.6. The number of aromatic amines is 1. The van der Waals surface area contributed by atoms with E-state index < -0.39 is 5.82 Å². The third-order valence-corrected chi connectivity index (χ3v) is 6.67. The Labute approximate surface area is 222 Å². The predicted octanol–water partition coefficient (Wildman–Crippen LogP) is 6.12. The lowest BCUT2D eigenvalue weighted by Crippen LogP contribution is -2.34. The molecule has 2 N–H and O–H groups in total. The van der Waals surface area contributed by atoms with Gasteiger partial charge in [-0.15, -0.1) is 0 Å². The normalized spacial score (nSPS) is 16.9. The molecule has 0 radical (unpaired) electrons. The van der Waals surface area contributed by atoms with Crippen molar-refractivity contribution in [2.45, 2.75) is 31.4 Å². The number of hydrogen-bond acceptors (Lipinski definition) is 7. The third kappa shape index (κ3) is 5.03. The zero-order chi connectivity index (χ0) is 26.6. The number of halogens is 2. The second-order valence-electron chi connectivity index (χ2n) is 8.82. The lowest BCUT2D eigenvalue weighted by Gasteiger charge is -2.29.